The van der Waals surface area contributed by atoms with Gasteiger partial charge in [-0.1, -0.05) is 13.0 Å². The third-order valence-corrected chi connectivity index (χ3v) is 3.86. The molecule has 1 aliphatic carbocycles. The van der Waals surface area contributed by atoms with Gasteiger partial charge in [-0.25, -0.2) is 0 Å². The Balaban J connectivity index is 1.76. The fraction of sp³-hybridized carbons (Fsp3) is 0.600. The number of aromatic nitrogens is 1. The lowest BCUT2D eigenvalue weighted by molar-refractivity contribution is -0.122. The van der Waals surface area contributed by atoms with Crippen LogP contribution < -0.4 is 10.9 Å². The Morgan fingerprint density at radius 2 is 2.05 bits per heavy atom. The second-order valence-corrected chi connectivity index (χ2v) is 5.51. The van der Waals surface area contributed by atoms with E-state index in [1.54, 1.807) is 16.8 Å². The van der Waals surface area contributed by atoms with E-state index in [0.717, 1.165) is 18.8 Å². The monoisotopic (exact) mass is 262 g/mol. The van der Waals surface area contributed by atoms with Crippen molar-refractivity contribution in [3.63, 3.8) is 0 Å². The summed E-state index contributed by atoms with van der Waals surface area (Å²) < 4.78 is 1.57. The molecule has 1 amide bonds. The van der Waals surface area contributed by atoms with Gasteiger partial charge in [0.15, 0.2) is 0 Å². The van der Waals surface area contributed by atoms with Crippen molar-refractivity contribution < 1.29 is 4.79 Å². The molecule has 19 heavy (non-hydrogen) atoms. The average molecular weight is 262 g/mol. The Morgan fingerprint density at radius 1 is 1.32 bits per heavy atom. The number of hydrogen-bond donors (Lipinski definition) is 1. The number of hydrogen-bond acceptors (Lipinski definition) is 2. The molecule has 0 saturated heterocycles. The average Bonchev–Trinajstić information content (AvgIpc) is 2.40. The summed E-state index contributed by atoms with van der Waals surface area (Å²) in [7, 11) is 0. The summed E-state index contributed by atoms with van der Waals surface area (Å²) in [5, 5.41) is 3.07. The summed E-state index contributed by atoms with van der Waals surface area (Å²) in [5.41, 5.74) is -0.0539. The largest absolute Gasteiger partial charge is 0.353 e. The molecule has 0 atom stereocenters. The Labute approximate surface area is 113 Å². The highest BCUT2D eigenvalue weighted by atomic mass is 16.2. The lowest BCUT2D eigenvalue weighted by atomic mass is 9.87. The van der Waals surface area contributed by atoms with E-state index in [1.807, 2.05) is 6.07 Å². The fourth-order valence-corrected chi connectivity index (χ4v) is 2.57. The molecule has 1 N–H and O–H groups in total. The molecular weight excluding hydrogens is 240 g/mol. The predicted molar refractivity (Wildman–Crippen MR) is 74.9 cm³/mol. The molecule has 1 heterocycles. The van der Waals surface area contributed by atoms with Crippen molar-refractivity contribution in [2.45, 2.75) is 51.6 Å². The van der Waals surface area contributed by atoms with Crippen molar-refractivity contribution in [3.05, 3.63) is 34.7 Å². The SMILES string of the molecule is CC1CCC(NC(=O)CCn2ccccc2=O)CC1. The minimum Gasteiger partial charge on any atom is -0.353 e. The molecular formula is C15H22N2O2. The van der Waals surface area contributed by atoms with Crippen molar-refractivity contribution in [3.8, 4) is 0 Å². The second kappa shape index (κ2) is 6.55. The Kier molecular flexibility index (Phi) is 4.77. The highest BCUT2D eigenvalue weighted by Crippen LogP contribution is 2.23. The first-order chi connectivity index (χ1) is 9.15. The van der Waals surface area contributed by atoms with E-state index in [1.165, 1.54) is 18.9 Å². The molecule has 2 rings (SSSR count). The molecule has 0 unspecified atom stereocenters. The maximum absolute atomic E-state index is 11.9. The number of rotatable bonds is 4. The van der Waals surface area contributed by atoms with E-state index in [2.05, 4.69) is 12.2 Å². The van der Waals surface area contributed by atoms with Gasteiger partial charge in [0, 0.05) is 31.3 Å². The zero-order chi connectivity index (χ0) is 13.7. The third-order valence-electron chi connectivity index (χ3n) is 3.86. The fourth-order valence-electron chi connectivity index (χ4n) is 2.57. The standard InChI is InChI=1S/C15H22N2O2/c1-12-5-7-13(8-6-12)16-14(18)9-11-17-10-3-2-4-15(17)19/h2-4,10,12-13H,5-9,11H2,1H3,(H,16,18). The molecule has 104 valence electrons. The van der Waals surface area contributed by atoms with Gasteiger partial charge in [0.2, 0.25) is 5.91 Å². The molecule has 1 aromatic rings. The van der Waals surface area contributed by atoms with Crippen LogP contribution in [-0.2, 0) is 11.3 Å². The van der Waals surface area contributed by atoms with Crippen molar-refractivity contribution >= 4 is 5.91 Å². The van der Waals surface area contributed by atoms with E-state index in [4.69, 9.17) is 0 Å². The zero-order valence-corrected chi connectivity index (χ0v) is 11.5. The van der Waals surface area contributed by atoms with Crippen molar-refractivity contribution in [2.75, 3.05) is 0 Å². The van der Waals surface area contributed by atoms with Crippen molar-refractivity contribution in [1.82, 2.24) is 9.88 Å². The summed E-state index contributed by atoms with van der Waals surface area (Å²) in [5.74, 6) is 0.839. The number of aryl methyl sites for hydroxylation is 1. The van der Waals surface area contributed by atoms with Crippen LogP contribution in [0.15, 0.2) is 29.2 Å². The van der Waals surface area contributed by atoms with Gasteiger partial charge < -0.3 is 9.88 Å². The van der Waals surface area contributed by atoms with Crippen LogP contribution >= 0.6 is 0 Å². The number of amides is 1. The Hall–Kier alpha value is -1.58. The molecule has 0 radical (unpaired) electrons. The molecule has 4 heteroatoms. The molecule has 0 spiro atoms. The number of carbonyl (C=O) groups excluding carboxylic acids is 1. The molecule has 4 nitrogen and oxygen atoms in total. The molecule has 1 saturated carbocycles. The topological polar surface area (TPSA) is 51.1 Å². The lowest BCUT2D eigenvalue weighted by Crippen LogP contribution is -2.38. The summed E-state index contributed by atoms with van der Waals surface area (Å²) >= 11 is 0. The maximum Gasteiger partial charge on any atom is 0.250 e. The van der Waals surface area contributed by atoms with Gasteiger partial charge in [0.1, 0.15) is 0 Å². The van der Waals surface area contributed by atoms with Gasteiger partial charge in [-0.2, -0.15) is 0 Å². The van der Waals surface area contributed by atoms with Crippen LogP contribution in [0.25, 0.3) is 0 Å². The highest BCUT2D eigenvalue weighted by Gasteiger charge is 2.19. The van der Waals surface area contributed by atoms with E-state index >= 15 is 0 Å². The van der Waals surface area contributed by atoms with Gasteiger partial charge in [0.05, 0.1) is 0 Å². The quantitative estimate of drug-likeness (QED) is 0.901. The second-order valence-electron chi connectivity index (χ2n) is 5.51. The number of nitrogens with zero attached hydrogens (tertiary/aromatic N) is 1. The normalized spacial score (nSPS) is 23.0. The van der Waals surface area contributed by atoms with Crippen LogP contribution in [0.2, 0.25) is 0 Å². The number of pyridine rings is 1. The summed E-state index contributed by atoms with van der Waals surface area (Å²) in [6.45, 7) is 2.72. The smallest absolute Gasteiger partial charge is 0.250 e. The lowest BCUT2D eigenvalue weighted by Gasteiger charge is -2.26. The van der Waals surface area contributed by atoms with Crippen LogP contribution in [0.3, 0.4) is 0 Å². The van der Waals surface area contributed by atoms with Crippen LogP contribution in [0, 0.1) is 5.92 Å². The van der Waals surface area contributed by atoms with Crippen LogP contribution in [0.4, 0.5) is 0 Å². The number of carbonyl (C=O) groups is 1. The van der Waals surface area contributed by atoms with E-state index in [-0.39, 0.29) is 11.5 Å². The van der Waals surface area contributed by atoms with Gasteiger partial charge in [-0.15, -0.1) is 0 Å². The van der Waals surface area contributed by atoms with Crippen molar-refractivity contribution in [2.24, 2.45) is 5.92 Å². The van der Waals surface area contributed by atoms with Gasteiger partial charge in [-0.3, -0.25) is 9.59 Å². The number of nitrogens with one attached hydrogen (secondary N) is 1. The molecule has 1 aliphatic rings. The highest BCUT2D eigenvalue weighted by molar-refractivity contribution is 5.76. The zero-order valence-electron chi connectivity index (χ0n) is 11.5. The third kappa shape index (κ3) is 4.23. The van der Waals surface area contributed by atoms with Crippen molar-refractivity contribution in [1.29, 1.82) is 0 Å². The van der Waals surface area contributed by atoms with Crippen LogP contribution in [-0.4, -0.2) is 16.5 Å². The molecule has 0 aromatic carbocycles. The minimum absolute atomic E-state index is 0.0512. The van der Waals surface area contributed by atoms with E-state index in [9.17, 15) is 9.59 Å². The van der Waals surface area contributed by atoms with Crippen LogP contribution in [0.1, 0.15) is 39.0 Å². The summed E-state index contributed by atoms with van der Waals surface area (Å²) in [6, 6.07) is 5.36. The summed E-state index contributed by atoms with van der Waals surface area (Å²) in [6.07, 6.45) is 6.65. The predicted octanol–water partition coefficient (Wildman–Crippen LogP) is 1.93. The van der Waals surface area contributed by atoms with E-state index < -0.39 is 0 Å². The Bertz CT molecular complexity index is 473. The molecule has 0 aliphatic heterocycles. The molecule has 0 bridgehead atoms. The minimum atomic E-state index is -0.0539. The van der Waals surface area contributed by atoms with E-state index in [0.29, 0.717) is 19.0 Å². The molecule has 1 fully saturated rings. The first-order valence-corrected chi connectivity index (χ1v) is 7.10. The first-order valence-electron chi connectivity index (χ1n) is 7.10. The molecule has 1 aromatic heterocycles. The summed E-state index contributed by atoms with van der Waals surface area (Å²) in [4.78, 5) is 23.3. The Morgan fingerprint density at radius 3 is 2.74 bits per heavy atom. The van der Waals surface area contributed by atoms with Gasteiger partial charge in [0.25, 0.3) is 5.56 Å². The van der Waals surface area contributed by atoms with Gasteiger partial charge >= 0.3 is 0 Å². The first kappa shape index (κ1) is 13.8. The van der Waals surface area contributed by atoms with Crippen LogP contribution in [0.5, 0.6) is 0 Å². The van der Waals surface area contributed by atoms with Gasteiger partial charge in [-0.05, 0) is 37.7 Å². The maximum atomic E-state index is 11.9.